The van der Waals surface area contributed by atoms with E-state index in [0.717, 1.165) is 6.42 Å². The van der Waals surface area contributed by atoms with Crippen molar-refractivity contribution in [3.63, 3.8) is 0 Å². The van der Waals surface area contributed by atoms with Gasteiger partial charge in [0, 0.05) is 11.9 Å². The molecular weight excluding hydrogens is 394 g/mol. The summed E-state index contributed by atoms with van der Waals surface area (Å²) in [6.45, 7) is 4.54. The first-order valence-electron chi connectivity index (χ1n) is 10.1. The molecule has 0 spiro atoms. The van der Waals surface area contributed by atoms with E-state index < -0.39 is 6.04 Å². The molecule has 156 valence electrons. The third-order valence-corrected chi connectivity index (χ3v) is 6.90. The van der Waals surface area contributed by atoms with E-state index in [4.69, 9.17) is 21.1 Å². The molecular formula is C22H26ClNO5. The Labute approximate surface area is 175 Å². The Morgan fingerprint density at radius 3 is 2.76 bits per heavy atom. The van der Waals surface area contributed by atoms with E-state index in [1.54, 1.807) is 17.0 Å². The van der Waals surface area contributed by atoms with Crippen molar-refractivity contribution in [2.75, 3.05) is 13.7 Å². The lowest BCUT2D eigenvalue weighted by Crippen LogP contribution is -2.44. The molecule has 2 heterocycles. The molecule has 3 aliphatic rings. The van der Waals surface area contributed by atoms with Crippen LogP contribution in [0.5, 0.6) is 11.5 Å². The highest BCUT2D eigenvalue weighted by Crippen LogP contribution is 2.49. The van der Waals surface area contributed by atoms with E-state index in [-0.39, 0.29) is 46.5 Å². The van der Waals surface area contributed by atoms with E-state index in [9.17, 15) is 14.7 Å². The number of carbonyl (C=O) groups excluding carboxylic acids is 2. The number of hydrogen-bond acceptors (Lipinski definition) is 5. The Kier molecular flexibility index (Phi) is 5.23. The number of Topliss-reactive ketones (excluding diaryl/α,β-unsaturated/α-hetero) is 1. The van der Waals surface area contributed by atoms with E-state index >= 15 is 0 Å². The van der Waals surface area contributed by atoms with Crippen LogP contribution in [-0.4, -0.2) is 46.8 Å². The Morgan fingerprint density at radius 2 is 2.07 bits per heavy atom. The number of ketones is 1. The number of aromatic hydroxyl groups is 1. The highest BCUT2D eigenvalue weighted by Gasteiger charge is 2.53. The molecule has 6 nitrogen and oxygen atoms in total. The third-order valence-electron chi connectivity index (χ3n) is 6.29. The number of fused-ring (bicyclic) bond motifs is 1. The molecule has 2 aliphatic heterocycles. The van der Waals surface area contributed by atoms with Crippen molar-refractivity contribution in [2.45, 2.75) is 50.6 Å². The number of methoxy groups -OCH3 is 1. The van der Waals surface area contributed by atoms with Crippen LogP contribution < -0.4 is 4.74 Å². The van der Waals surface area contributed by atoms with Crippen LogP contribution in [0.4, 0.5) is 0 Å². The number of rotatable bonds is 4. The Hall–Kier alpha value is -2.21. The van der Waals surface area contributed by atoms with Gasteiger partial charge in [-0.15, -0.1) is 11.6 Å². The summed E-state index contributed by atoms with van der Waals surface area (Å²) >= 11 is 6.47. The quantitative estimate of drug-likeness (QED) is 0.755. The second-order valence-electron chi connectivity index (χ2n) is 8.17. The maximum absolute atomic E-state index is 13.5. The van der Waals surface area contributed by atoms with Crippen LogP contribution in [0.15, 0.2) is 29.5 Å². The van der Waals surface area contributed by atoms with Crippen LogP contribution in [0.2, 0.25) is 0 Å². The summed E-state index contributed by atoms with van der Waals surface area (Å²) in [7, 11) is 1.47. The lowest BCUT2D eigenvalue weighted by atomic mass is 9.74. The molecule has 5 atom stereocenters. The van der Waals surface area contributed by atoms with Crippen LogP contribution in [0.25, 0.3) is 0 Å². The second kappa shape index (κ2) is 7.56. The first kappa shape index (κ1) is 20.1. The number of hydrogen-bond donors (Lipinski definition) is 1. The average molecular weight is 420 g/mol. The van der Waals surface area contributed by atoms with Gasteiger partial charge in [-0.3, -0.25) is 9.59 Å². The number of ether oxygens (including phenoxy) is 2. The molecule has 1 aromatic carbocycles. The molecule has 29 heavy (non-hydrogen) atoms. The first-order chi connectivity index (χ1) is 13.9. The van der Waals surface area contributed by atoms with Crippen LogP contribution in [-0.2, 0) is 14.3 Å². The largest absolute Gasteiger partial charge is 0.504 e. The summed E-state index contributed by atoms with van der Waals surface area (Å²) in [5.74, 6) is 0.104. The number of alkyl halides is 1. The van der Waals surface area contributed by atoms with Crippen molar-refractivity contribution in [3.05, 3.63) is 35.1 Å². The van der Waals surface area contributed by atoms with Gasteiger partial charge in [0.2, 0.25) is 0 Å². The summed E-state index contributed by atoms with van der Waals surface area (Å²) < 4.78 is 11.4. The smallest absolute Gasteiger partial charge is 0.290 e. The minimum atomic E-state index is -0.548. The number of nitrogens with zero attached hydrogens (tertiary/aromatic N) is 1. The lowest BCUT2D eigenvalue weighted by Gasteiger charge is -2.40. The average Bonchev–Trinajstić information content (AvgIpc) is 2.97. The fourth-order valence-electron chi connectivity index (χ4n) is 4.75. The van der Waals surface area contributed by atoms with Crippen LogP contribution in [0, 0.1) is 11.8 Å². The van der Waals surface area contributed by atoms with Crippen molar-refractivity contribution in [3.8, 4) is 11.5 Å². The summed E-state index contributed by atoms with van der Waals surface area (Å²) in [6, 6.07) is 4.38. The van der Waals surface area contributed by atoms with Gasteiger partial charge in [-0.2, -0.15) is 0 Å². The number of phenolic OH excluding ortho intramolecular Hbond substituents is 1. The second-order valence-corrected chi connectivity index (χ2v) is 8.73. The van der Waals surface area contributed by atoms with Gasteiger partial charge in [0.15, 0.2) is 23.0 Å². The molecule has 1 saturated carbocycles. The lowest BCUT2D eigenvalue weighted by molar-refractivity contribution is -0.136. The van der Waals surface area contributed by atoms with E-state index in [2.05, 4.69) is 6.92 Å². The Bertz CT molecular complexity index is 882. The normalized spacial score (nSPS) is 31.4. The molecule has 7 heteroatoms. The molecule has 0 aromatic heterocycles. The number of phenols is 1. The molecule has 0 radical (unpaired) electrons. The number of halogens is 1. The highest BCUT2D eigenvalue weighted by molar-refractivity contribution is 6.21. The monoisotopic (exact) mass is 419 g/mol. The van der Waals surface area contributed by atoms with Gasteiger partial charge in [0.05, 0.1) is 24.6 Å². The maximum Gasteiger partial charge on any atom is 0.290 e. The SMILES string of the molecule is CCCN1C(=O)C2=C(C(=O)C3CC(Cl)C(C)CC3O2)C1c1ccc(O)c(OC)c1. The first-order valence-corrected chi connectivity index (χ1v) is 10.6. The van der Waals surface area contributed by atoms with Crippen molar-refractivity contribution >= 4 is 23.3 Å². The molecule has 1 fully saturated rings. The molecule has 1 amide bonds. The number of amides is 1. The van der Waals surface area contributed by atoms with E-state index in [1.807, 2.05) is 6.92 Å². The minimum Gasteiger partial charge on any atom is -0.504 e. The number of benzene rings is 1. The summed E-state index contributed by atoms with van der Waals surface area (Å²) in [4.78, 5) is 28.4. The van der Waals surface area contributed by atoms with Crippen molar-refractivity contribution < 1.29 is 24.2 Å². The van der Waals surface area contributed by atoms with Crippen LogP contribution in [0.1, 0.15) is 44.7 Å². The minimum absolute atomic E-state index is 0.00866. The van der Waals surface area contributed by atoms with E-state index in [0.29, 0.717) is 36.3 Å². The van der Waals surface area contributed by atoms with Gasteiger partial charge in [-0.25, -0.2) is 0 Å². The fourth-order valence-corrected chi connectivity index (χ4v) is 5.04. The standard InChI is InChI=1S/C22H26ClNO5/c1-4-7-24-19(12-5-6-15(25)17(9-12)28-3)18-20(26)13-10-14(23)11(2)8-16(13)29-21(18)22(24)27/h5-6,9,11,13-14,16,19,25H,4,7-8,10H2,1-3H3. The van der Waals surface area contributed by atoms with Crippen molar-refractivity contribution in [2.24, 2.45) is 11.8 Å². The van der Waals surface area contributed by atoms with E-state index in [1.165, 1.54) is 13.2 Å². The zero-order valence-electron chi connectivity index (χ0n) is 16.9. The summed E-state index contributed by atoms with van der Waals surface area (Å²) in [6.07, 6.45) is 1.67. The van der Waals surface area contributed by atoms with Gasteiger partial charge in [-0.05, 0) is 42.9 Å². The zero-order valence-corrected chi connectivity index (χ0v) is 17.6. The molecule has 0 bridgehead atoms. The molecule has 0 saturated heterocycles. The third kappa shape index (κ3) is 3.18. The Balaban J connectivity index is 1.79. The topological polar surface area (TPSA) is 76.1 Å². The number of carbonyl (C=O) groups is 2. The molecule has 1 aromatic rings. The molecule has 4 rings (SSSR count). The van der Waals surface area contributed by atoms with Crippen molar-refractivity contribution in [1.29, 1.82) is 0 Å². The summed E-state index contributed by atoms with van der Waals surface area (Å²) in [5.41, 5.74) is 1.13. The summed E-state index contributed by atoms with van der Waals surface area (Å²) in [5, 5.41) is 9.89. The highest BCUT2D eigenvalue weighted by atomic mass is 35.5. The van der Waals surface area contributed by atoms with Crippen molar-refractivity contribution in [1.82, 2.24) is 4.90 Å². The Morgan fingerprint density at radius 1 is 1.31 bits per heavy atom. The van der Waals surface area contributed by atoms with Crippen LogP contribution in [0.3, 0.4) is 0 Å². The van der Waals surface area contributed by atoms with Gasteiger partial charge in [-0.1, -0.05) is 19.9 Å². The van der Waals surface area contributed by atoms with Gasteiger partial charge >= 0.3 is 0 Å². The van der Waals surface area contributed by atoms with Crippen LogP contribution >= 0.6 is 11.6 Å². The zero-order chi connectivity index (χ0) is 20.9. The maximum atomic E-state index is 13.5. The van der Waals surface area contributed by atoms with Gasteiger partial charge in [0.1, 0.15) is 6.10 Å². The van der Waals surface area contributed by atoms with Gasteiger partial charge < -0.3 is 19.5 Å². The fraction of sp³-hybridized carbons (Fsp3) is 0.545. The molecule has 1 aliphatic carbocycles. The molecule has 1 N–H and O–H groups in total. The van der Waals surface area contributed by atoms with Gasteiger partial charge in [0.25, 0.3) is 5.91 Å². The predicted molar refractivity (Wildman–Crippen MR) is 108 cm³/mol. The molecule has 5 unspecified atom stereocenters. The predicted octanol–water partition coefficient (Wildman–Crippen LogP) is 3.57.